The van der Waals surface area contributed by atoms with Crippen LogP contribution in [0.1, 0.15) is 33.1 Å². The molecule has 1 heterocycles. The van der Waals surface area contributed by atoms with Crippen molar-refractivity contribution in [1.29, 1.82) is 0 Å². The van der Waals surface area contributed by atoms with Crippen LogP contribution in [-0.4, -0.2) is 28.5 Å². The van der Waals surface area contributed by atoms with Crippen LogP contribution in [-0.2, 0) is 16.8 Å². The van der Waals surface area contributed by atoms with Gasteiger partial charge < -0.3 is 9.47 Å². The number of hydrogen-bond acceptors (Lipinski definition) is 6. The maximum Gasteiger partial charge on any atom is 0.295 e. The molecule has 1 amide bonds. The van der Waals surface area contributed by atoms with Gasteiger partial charge in [0.05, 0.1) is 19.8 Å². The van der Waals surface area contributed by atoms with Gasteiger partial charge in [-0.3, -0.25) is 4.79 Å². The number of ether oxygens (including phenoxy) is 2. The van der Waals surface area contributed by atoms with Gasteiger partial charge in [0, 0.05) is 12.1 Å². The molecule has 0 fully saturated rings. The van der Waals surface area contributed by atoms with E-state index >= 15 is 0 Å². The maximum atomic E-state index is 14.7. The van der Waals surface area contributed by atoms with Crippen LogP contribution in [0.4, 0.5) is 4.39 Å². The van der Waals surface area contributed by atoms with Crippen molar-refractivity contribution in [2.45, 2.75) is 12.6 Å². The molecule has 0 aliphatic carbocycles. The molecular formula is C17H17FN4O5S. The third-order valence-corrected chi connectivity index (χ3v) is 4.73. The zero-order valence-electron chi connectivity index (χ0n) is 15.0. The van der Waals surface area contributed by atoms with E-state index < -0.39 is 28.0 Å². The SMILES string of the molecule is COc1cc2c(cc1OC)C(c1ccc(CNS(N)(=O)=O)cc1F)N=NC2=O. The average molecular weight is 408 g/mol. The van der Waals surface area contributed by atoms with E-state index in [1.165, 1.54) is 38.5 Å². The number of nitrogens with one attached hydrogen (secondary N) is 1. The predicted octanol–water partition coefficient (Wildman–Crippen LogP) is 1.83. The van der Waals surface area contributed by atoms with Gasteiger partial charge in [0.25, 0.3) is 16.1 Å². The van der Waals surface area contributed by atoms with Gasteiger partial charge >= 0.3 is 0 Å². The highest BCUT2D eigenvalue weighted by Crippen LogP contribution is 2.40. The number of fused-ring (bicyclic) bond motifs is 1. The Morgan fingerprint density at radius 1 is 1.14 bits per heavy atom. The maximum absolute atomic E-state index is 14.7. The number of halogens is 1. The van der Waals surface area contributed by atoms with Crippen molar-refractivity contribution in [3.63, 3.8) is 0 Å². The lowest BCUT2D eigenvalue weighted by Gasteiger charge is -2.21. The number of nitrogens with zero attached hydrogens (tertiary/aromatic N) is 2. The van der Waals surface area contributed by atoms with Crippen molar-refractivity contribution < 1.29 is 27.1 Å². The summed E-state index contributed by atoms with van der Waals surface area (Å²) in [7, 11) is -1.02. The first kappa shape index (κ1) is 19.9. The van der Waals surface area contributed by atoms with Gasteiger partial charge in [-0.25, -0.2) is 9.53 Å². The van der Waals surface area contributed by atoms with Crippen molar-refractivity contribution in [3.8, 4) is 11.5 Å². The number of carbonyl (C=O) groups excluding carboxylic acids is 1. The molecule has 2 aromatic rings. The summed E-state index contributed by atoms with van der Waals surface area (Å²) in [4.78, 5) is 12.1. The molecule has 9 nitrogen and oxygen atoms in total. The van der Waals surface area contributed by atoms with Gasteiger partial charge in [-0.15, -0.1) is 5.11 Å². The minimum absolute atomic E-state index is 0.164. The van der Waals surface area contributed by atoms with Crippen LogP contribution in [0.25, 0.3) is 0 Å². The molecular weight excluding hydrogens is 391 g/mol. The van der Waals surface area contributed by atoms with Crippen molar-refractivity contribution in [1.82, 2.24) is 4.72 Å². The Morgan fingerprint density at radius 2 is 1.82 bits per heavy atom. The van der Waals surface area contributed by atoms with E-state index in [0.717, 1.165) is 0 Å². The summed E-state index contributed by atoms with van der Waals surface area (Å²) in [5.74, 6) is -0.491. The zero-order chi connectivity index (χ0) is 20.5. The van der Waals surface area contributed by atoms with Gasteiger partial charge in [-0.1, -0.05) is 12.1 Å². The Labute approximate surface area is 160 Å². The molecule has 3 rings (SSSR count). The summed E-state index contributed by atoms with van der Waals surface area (Å²) < 4.78 is 49.2. The molecule has 1 atom stereocenters. The summed E-state index contributed by atoms with van der Waals surface area (Å²) in [6, 6.07) is 6.32. The first-order valence-corrected chi connectivity index (χ1v) is 9.55. The highest BCUT2D eigenvalue weighted by molar-refractivity contribution is 7.87. The molecule has 3 N–H and O–H groups in total. The lowest BCUT2D eigenvalue weighted by atomic mass is 9.92. The summed E-state index contributed by atoms with van der Waals surface area (Å²) >= 11 is 0. The van der Waals surface area contributed by atoms with Crippen molar-refractivity contribution >= 4 is 16.1 Å². The number of methoxy groups -OCH3 is 2. The predicted molar refractivity (Wildman–Crippen MR) is 96.9 cm³/mol. The molecule has 0 saturated heterocycles. The molecule has 28 heavy (non-hydrogen) atoms. The fourth-order valence-corrected chi connectivity index (χ4v) is 3.22. The van der Waals surface area contributed by atoms with Crippen LogP contribution in [0.15, 0.2) is 40.6 Å². The highest BCUT2D eigenvalue weighted by Gasteiger charge is 2.29. The molecule has 1 aliphatic heterocycles. The van der Waals surface area contributed by atoms with E-state index in [1.807, 2.05) is 0 Å². The second-order valence-electron chi connectivity index (χ2n) is 5.94. The van der Waals surface area contributed by atoms with Crippen LogP contribution >= 0.6 is 0 Å². The Morgan fingerprint density at radius 3 is 2.43 bits per heavy atom. The molecule has 11 heteroatoms. The normalized spacial score (nSPS) is 16.0. The Balaban J connectivity index is 2.01. The molecule has 0 bridgehead atoms. The number of azo groups is 1. The standard InChI is InChI=1S/C17H17FN4O5S/c1-26-14-6-11-12(7-15(14)27-2)17(23)22-21-16(11)10-4-3-9(5-13(10)18)8-20-28(19,24)25/h3-7,16,20H,8H2,1-2H3,(H2,19,24,25). The van der Waals surface area contributed by atoms with Crippen molar-refractivity contribution in [2.24, 2.45) is 15.4 Å². The smallest absolute Gasteiger partial charge is 0.295 e. The Kier molecular flexibility index (Phi) is 5.40. The van der Waals surface area contributed by atoms with E-state index in [4.69, 9.17) is 14.6 Å². The number of hydrogen-bond donors (Lipinski definition) is 2. The third-order valence-electron chi connectivity index (χ3n) is 4.18. The van der Waals surface area contributed by atoms with Gasteiger partial charge in [0.1, 0.15) is 11.9 Å². The monoisotopic (exact) mass is 408 g/mol. The highest BCUT2D eigenvalue weighted by atomic mass is 32.2. The Bertz CT molecular complexity index is 1070. The minimum atomic E-state index is -3.90. The average Bonchev–Trinajstić information content (AvgIpc) is 2.66. The van der Waals surface area contributed by atoms with E-state index in [-0.39, 0.29) is 17.7 Å². The molecule has 148 valence electrons. The van der Waals surface area contributed by atoms with E-state index in [0.29, 0.717) is 22.6 Å². The molecule has 0 radical (unpaired) electrons. The van der Waals surface area contributed by atoms with Gasteiger partial charge in [0.2, 0.25) is 0 Å². The molecule has 1 aliphatic rings. The number of nitrogens with two attached hydrogens (primary N) is 1. The first-order chi connectivity index (χ1) is 13.2. The molecule has 1 unspecified atom stereocenters. The van der Waals surface area contributed by atoms with Crippen LogP contribution in [0.3, 0.4) is 0 Å². The number of rotatable bonds is 6. The molecule has 2 aromatic carbocycles. The quantitative estimate of drug-likeness (QED) is 0.752. The van der Waals surface area contributed by atoms with E-state index in [1.54, 1.807) is 6.07 Å². The van der Waals surface area contributed by atoms with Crippen molar-refractivity contribution in [3.05, 3.63) is 58.4 Å². The fraction of sp³-hybridized carbons (Fsp3) is 0.235. The molecule has 0 spiro atoms. The second kappa shape index (κ2) is 7.62. The van der Waals surface area contributed by atoms with E-state index in [2.05, 4.69) is 15.0 Å². The number of amides is 1. The van der Waals surface area contributed by atoms with Crippen LogP contribution in [0.5, 0.6) is 11.5 Å². The fourth-order valence-electron chi connectivity index (χ4n) is 2.85. The van der Waals surface area contributed by atoms with Crippen LogP contribution in [0.2, 0.25) is 0 Å². The molecule has 0 aromatic heterocycles. The third kappa shape index (κ3) is 4.01. The summed E-state index contributed by atoms with van der Waals surface area (Å²) in [5, 5.41) is 12.4. The summed E-state index contributed by atoms with van der Waals surface area (Å²) in [6.45, 7) is -0.164. The van der Waals surface area contributed by atoms with Crippen LogP contribution < -0.4 is 19.3 Å². The van der Waals surface area contributed by atoms with Gasteiger partial charge in [-0.2, -0.15) is 18.3 Å². The largest absolute Gasteiger partial charge is 0.493 e. The second-order valence-corrected chi connectivity index (χ2v) is 7.32. The topological polar surface area (TPSA) is 132 Å². The van der Waals surface area contributed by atoms with Gasteiger partial charge in [-0.05, 0) is 29.3 Å². The van der Waals surface area contributed by atoms with Gasteiger partial charge in [0.15, 0.2) is 11.5 Å². The number of benzene rings is 2. The minimum Gasteiger partial charge on any atom is -0.493 e. The first-order valence-electron chi connectivity index (χ1n) is 8.00. The summed E-state index contributed by atoms with van der Waals surface area (Å²) in [6.07, 6.45) is 0. The summed E-state index contributed by atoms with van der Waals surface area (Å²) in [5.41, 5.74) is 1.19. The van der Waals surface area contributed by atoms with Crippen molar-refractivity contribution in [2.75, 3.05) is 14.2 Å². The van der Waals surface area contributed by atoms with E-state index in [9.17, 15) is 17.6 Å². The Hall–Kier alpha value is -2.89. The molecule has 0 saturated carbocycles. The zero-order valence-corrected chi connectivity index (χ0v) is 15.8. The van der Waals surface area contributed by atoms with Crippen LogP contribution in [0, 0.1) is 5.82 Å². The number of carbonyl (C=O) groups is 1. The lowest BCUT2D eigenvalue weighted by molar-refractivity contribution is 0.0985. The lowest BCUT2D eigenvalue weighted by Crippen LogP contribution is -2.30.